The summed E-state index contributed by atoms with van der Waals surface area (Å²) < 4.78 is 0. The molecule has 0 aliphatic rings. The number of unbranched alkanes of at least 4 members (excludes halogenated alkanes) is 15. The molecule has 2 N–H and O–H groups in total. The standard InChI is InChI=1S/C31H54N2O/c1-6-7-8-9-10-11-12-13-14-15-16-17-18-19-20-21-25-32-30(34)33-31(4,5)29-24-22-23-28(26-29)27(2)3/h22-24,26H,2,6-21,25H2,1,3-5H3,(H2,32,33,34). The summed E-state index contributed by atoms with van der Waals surface area (Å²) in [5.41, 5.74) is 2.81. The maximum Gasteiger partial charge on any atom is 0.315 e. The Morgan fingerprint density at radius 2 is 1.26 bits per heavy atom. The van der Waals surface area contributed by atoms with Crippen molar-refractivity contribution in [1.29, 1.82) is 0 Å². The van der Waals surface area contributed by atoms with E-state index in [0.29, 0.717) is 0 Å². The topological polar surface area (TPSA) is 41.1 Å². The highest BCUT2D eigenvalue weighted by Gasteiger charge is 2.22. The first kappa shape index (κ1) is 30.3. The number of carbonyl (C=O) groups excluding carboxylic acids is 1. The van der Waals surface area contributed by atoms with E-state index in [1.54, 1.807) is 0 Å². The number of urea groups is 1. The minimum absolute atomic E-state index is 0.0910. The molecule has 34 heavy (non-hydrogen) atoms. The lowest BCUT2D eigenvalue weighted by Crippen LogP contribution is -2.46. The van der Waals surface area contributed by atoms with E-state index in [2.05, 4.69) is 42.3 Å². The summed E-state index contributed by atoms with van der Waals surface area (Å²) in [6, 6.07) is 8.16. The number of hydrogen-bond acceptors (Lipinski definition) is 1. The number of amides is 2. The first-order chi connectivity index (χ1) is 16.4. The molecule has 0 saturated heterocycles. The molecular weight excluding hydrogens is 416 g/mol. The van der Waals surface area contributed by atoms with Crippen molar-refractivity contribution in [2.45, 2.75) is 136 Å². The minimum Gasteiger partial charge on any atom is -0.338 e. The molecule has 0 atom stereocenters. The lowest BCUT2D eigenvalue weighted by Gasteiger charge is -2.27. The summed E-state index contributed by atoms with van der Waals surface area (Å²) in [5, 5.41) is 6.14. The van der Waals surface area contributed by atoms with Gasteiger partial charge in [-0.1, -0.05) is 134 Å². The second-order valence-corrected chi connectivity index (χ2v) is 10.7. The Hall–Kier alpha value is -1.77. The number of hydrogen-bond donors (Lipinski definition) is 2. The van der Waals surface area contributed by atoms with Gasteiger partial charge in [0.25, 0.3) is 0 Å². The smallest absolute Gasteiger partial charge is 0.315 e. The average Bonchev–Trinajstić information content (AvgIpc) is 2.81. The Labute approximate surface area is 211 Å². The first-order valence-corrected chi connectivity index (χ1v) is 14.2. The van der Waals surface area contributed by atoms with Crippen LogP contribution in [0.5, 0.6) is 0 Å². The van der Waals surface area contributed by atoms with Gasteiger partial charge in [0.2, 0.25) is 0 Å². The number of rotatable bonds is 20. The number of nitrogens with one attached hydrogen (secondary N) is 2. The summed E-state index contributed by atoms with van der Waals surface area (Å²) in [7, 11) is 0. The first-order valence-electron chi connectivity index (χ1n) is 14.2. The minimum atomic E-state index is -0.426. The van der Waals surface area contributed by atoms with E-state index >= 15 is 0 Å². The van der Waals surface area contributed by atoms with Gasteiger partial charge >= 0.3 is 6.03 Å². The maximum atomic E-state index is 12.4. The average molecular weight is 471 g/mol. The van der Waals surface area contributed by atoms with Crippen molar-refractivity contribution in [2.24, 2.45) is 0 Å². The summed E-state index contributed by atoms with van der Waals surface area (Å²) >= 11 is 0. The molecule has 0 fully saturated rings. The zero-order valence-electron chi connectivity index (χ0n) is 22.9. The predicted octanol–water partition coefficient (Wildman–Crippen LogP) is 9.52. The summed E-state index contributed by atoms with van der Waals surface area (Å²) in [6.45, 7) is 13.1. The van der Waals surface area contributed by atoms with Gasteiger partial charge in [-0.25, -0.2) is 4.79 Å². The number of allylic oxidation sites excluding steroid dienone is 1. The van der Waals surface area contributed by atoms with Crippen molar-refractivity contribution in [2.75, 3.05) is 6.54 Å². The normalized spacial score (nSPS) is 11.4. The van der Waals surface area contributed by atoms with Gasteiger partial charge in [-0.3, -0.25) is 0 Å². The highest BCUT2D eigenvalue weighted by molar-refractivity contribution is 5.75. The van der Waals surface area contributed by atoms with Gasteiger partial charge in [0.05, 0.1) is 5.54 Å². The molecule has 2 amide bonds. The van der Waals surface area contributed by atoms with E-state index in [4.69, 9.17) is 0 Å². The second kappa shape index (κ2) is 18.5. The van der Waals surface area contributed by atoms with Crippen LogP contribution in [0.25, 0.3) is 5.57 Å². The Kier molecular flexibility index (Phi) is 16.5. The van der Waals surface area contributed by atoms with Crippen LogP contribution in [0.1, 0.15) is 142 Å². The Balaban J connectivity index is 1.98. The van der Waals surface area contributed by atoms with Crippen LogP contribution >= 0.6 is 0 Å². The predicted molar refractivity (Wildman–Crippen MR) is 150 cm³/mol. The third-order valence-electron chi connectivity index (χ3n) is 6.82. The van der Waals surface area contributed by atoms with E-state index in [0.717, 1.165) is 29.7 Å². The molecule has 3 nitrogen and oxygen atoms in total. The Morgan fingerprint density at radius 1 is 0.794 bits per heavy atom. The van der Waals surface area contributed by atoms with E-state index in [-0.39, 0.29) is 6.03 Å². The van der Waals surface area contributed by atoms with Crippen LogP contribution in [-0.2, 0) is 5.54 Å². The van der Waals surface area contributed by atoms with Crippen LogP contribution in [0.2, 0.25) is 0 Å². The number of benzene rings is 1. The van der Waals surface area contributed by atoms with E-state index in [1.807, 2.05) is 26.8 Å². The molecule has 0 heterocycles. The second-order valence-electron chi connectivity index (χ2n) is 10.7. The Morgan fingerprint density at radius 3 is 1.74 bits per heavy atom. The molecule has 194 valence electrons. The molecule has 1 aromatic carbocycles. The summed E-state index contributed by atoms with van der Waals surface area (Å²) in [4.78, 5) is 12.4. The van der Waals surface area contributed by atoms with Crippen molar-refractivity contribution >= 4 is 11.6 Å². The fraction of sp³-hybridized carbons (Fsp3) is 0.710. The van der Waals surface area contributed by atoms with E-state index < -0.39 is 5.54 Å². The molecule has 0 spiro atoms. The molecule has 0 saturated carbocycles. The maximum absolute atomic E-state index is 12.4. The fourth-order valence-corrected chi connectivity index (χ4v) is 4.45. The SMILES string of the molecule is C=C(C)c1cccc(C(C)(C)NC(=O)NCCCCCCCCCCCCCCCCCC)c1. The van der Waals surface area contributed by atoms with Crippen molar-refractivity contribution in [3.8, 4) is 0 Å². The highest BCUT2D eigenvalue weighted by Crippen LogP contribution is 2.23. The third-order valence-corrected chi connectivity index (χ3v) is 6.82. The lowest BCUT2D eigenvalue weighted by atomic mass is 9.92. The van der Waals surface area contributed by atoms with Crippen LogP contribution in [0, 0.1) is 0 Å². The molecular formula is C31H54N2O. The van der Waals surface area contributed by atoms with Crippen LogP contribution in [-0.4, -0.2) is 12.6 Å². The van der Waals surface area contributed by atoms with Gasteiger partial charge in [0, 0.05) is 6.54 Å². The monoisotopic (exact) mass is 470 g/mol. The fourth-order valence-electron chi connectivity index (χ4n) is 4.45. The Bertz CT molecular complexity index is 680. The number of carbonyl (C=O) groups is 1. The van der Waals surface area contributed by atoms with Crippen molar-refractivity contribution in [1.82, 2.24) is 10.6 Å². The lowest BCUT2D eigenvalue weighted by molar-refractivity contribution is 0.229. The van der Waals surface area contributed by atoms with Crippen LogP contribution in [0.15, 0.2) is 30.8 Å². The quantitative estimate of drug-likeness (QED) is 0.183. The van der Waals surface area contributed by atoms with Gasteiger partial charge < -0.3 is 10.6 Å². The molecule has 0 aliphatic carbocycles. The molecule has 1 rings (SSSR count). The summed E-state index contributed by atoms with van der Waals surface area (Å²) in [6.07, 6.45) is 21.8. The van der Waals surface area contributed by atoms with Crippen molar-refractivity contribution in [3.63, 3.8) is 0 Å². The zero-order chi connectivity index (χ0) is 25.1. The molecule has 0 aliphatic heterocycles. The molecule has 0 unspecified atom stereocenters. The molecule has 0 radical (unpaired) electrons. The third kappa shape index (κ3) is 14.5. The zero-order valence-corrected chi connectivity index (χ0v) is 22.9. The van der Waals surface area contributed by atoms with Crippen molar-refractivity contribution < 1.29 is 4.79 Å². The molecule has 1 aromatic rings. The van der Waals surface area contributed by atoms with Gasteiger partial charge in [-0.2, -0.15) is 0 Å². The van der Waals surface area contributed by atoms with Gasteiger partial charge in [-0.05, 0) is 44.4 Å². The highest BCUT2D eigenvalue weighted by atomic mass is 16.2. The van der Waals surface area contributed by atoms with Crippen LogP contribution in [0.4, 0.5) is 4.79 Å². The van der Waals surface area contributed by atoms with Crippen LogP contribution < -0.4 is 10.6 Å². The molecule has 3 heteroatoms. The van der Waals surface area contributed by atoms with Crippen LogP contribution in [0.3, 0.4) is 0 Å². The molecule has 0 bridgehead atoms. The van der Waals surface area contributed by atoms with Gasteiger partial charge in [-0.15, -0.1) is 0 Å². The van der Waals surface area contributed by atoms with E-state index in [1.165, 1.54) is 96.3 Å². The van der Waals surface area contributed by atoms with Crippen molar-refractivity contribution in [3.05, 3.63) is 42.0 Å². The van der Waals surface area contributed by atoms with Gasteiger partial charge in [0.1, 0.15) is 0 Å². The van der Waals surface area contributed by atoms with E-state index in [9.17, 15) is 4.79 Å². The summed E-state index contributed by atoms with van der Waals surface area (Å²) in [5.74, 6) is 0. The largest absolute Gasteiger partial charge is 0.338 e. The van der Waals surface area contributed by atoms with Gasteiger partial charge in [0.15, 0.2) is 0 Å². The molecule has 0 aromatic heterocycles.